The molecule has 3 heteroatoms. The summed E-state index contributed by atoms with van der Waals surface area (Å²) in [6.45, 7) is 2.80. The molecule has 1 aliphatic rings. The number of hydrogen-bond acceptors (Lipinski definition) is 3. The standard InChI is InChI=1S/C13H19NO2/c1-13(7-8-15-2)9-11(14)10-5-3-4-6-12(10)16-13/h3-6,11H,7-9,14H2,1-2H3/t11-,13?/m1/s1. The van der Waals surface area contributed by atoms with Crippen LogP contribution in [0.4, 0.5) is 0 Å². The molecule has 2 N–H and O–H groups in total. The molecule has 2 atom stereocenters. The maximum atomic E-state index is 6.17. The number of benzene rings is 1. The Morgan fingerprint density at radius 1 is 1.50 bits per heavy atom. The molecule has 0 saturated carbocycles. The van der Waals surface area contributed by atoms with E-state index in [4.69, 9.17) is 15.2 Å². The first-order chi connectivity index (χ1) is 7.64. The zero-order valence-electron chi connectivity index (χ0n) is 9.90. The average Bonchev–Trinajstić information content (AvgIpc) is 2.26. The van der Waals surface area contributed by atoms with Crippen LogP contribution in [0.5, 0.6) is 5.75 Å². The molecule has 0 amide bonds. The molecular formula is C13H19NO2. The number of fused-ring (bicyclic) bond motifs is 1. The highest BCUT2D eigenvalue weighted by Gasteiger charge is 2.35. The fourth-order valence-electron chi connectivity index (χ4n) is 2.23. The smallest absolute Gasteiger partial charge is 0.124 e. The van der Waals surface area contributed by atoms with Gasteiger partial charge in [-0.25, -0.2) is 0 Å². The van der Waals surface area contributed by atoms with Gasteiger partial charge < -0.3 is 15.2 Å². The molecule has 1 aromatic rings. The minimum absolute atomic E-state index is 0.0619. The monoisotopic (exact) mass is 221 g/mol. The van der Waals surface area contributed by atoms with Gasteiger partial charge in [-0.05, 0) is 13.0 Å². The molecule has 2 rings (SSSR count). The van der Waals surface area contributed by atoms with Crippen LogP contribution < -0.4 is 10.5 Å². The maximum Gasteiger partial charge on any atom is 0.124 e. The van der Waals surface area contributed by atoms with Crippen LogP contribution in [0.3, 0.4) is 0 Å². The highest BCUT2D eigenvalue weighted by molar-refractivity contribution is 5.38. The van der Waals surface area contributed by atoms with Gasteiger partial charge in [-0.2, -0.15) is 0 Å². The molecule has 0 aliphatic carbocycles. The van der Waals surface area contributed by atoms with Gasteiger partial charge in [-0.15, -0.1) is 0 Å². The normalized spacial score (nSPS) is 28.3. The van der Waals surface area contributed by atoms with E-state index < -0.39 is 0 Å². The fraction of sp³-hybridized carbons (Fsp3) is 0.538. The lowest BCUT2D eigenvalue weighted by atomic mass is 9.87. The zero-order valence-corrected chi connectivity index (χ0v) is 9.90. The highest BCUT2D eigenvalue weighted by atomic mass is 16.5. The lowest BCUT2D eigenvalue weighted by molar-refractivity contribution is 0.0215. The first-order valence-electron chi connectivity index (χ1n) is 5.67. The molecule has 1 aromatic carbocycles. The Morgan fingerprint density at radius 2 is 2.25 bits per heavy atom. The number of nitrogens with two attached hydrogens (primary N) is 1. The van der Waals surface area contributed by atoms with E-state index in [-0.39, 0.29) is 11.6 Å². The van der Waals surface area contributed by atoms with Crippen molar-refractivity contribution >= 4 is 0 Å². The lowest BCUT2D eigenvalue weighted by Crippen LogP contribution is -2.41. The second kappa shape index (κ2) is 4.44. The van der Waals surface area contributed by atoms with Gasteiger partial charge in [0.05, 0.1) is 0 Å². The summed E-state index contributed by atoms with van der Waals surface area (Å²) in [6, 6.07) is 8.06. The van der Waals surface area contributed by atoms with Crippen LogP contribution in [-0.2, 0) is 4.74 Å². The molecule has 1 unspecified atom stereocenters. The van der Waals surface area contributed by atoms with Crippen molar-refractivity contribution in [2.24, 2.45) is 5.73 Å². The summed E-state index contributed by atoms with van der Waals surface area (Å²) in [6.07, 6.45) is 1.71. The molecule has 3 nitrogen and oxygen atoms in total. The molecule has 16 heavy (non-hydrogen) atoms. The van der Waals surface area contributed by atoms with Crippen LogP contribution >= 0.6 is 0 Å². The number of hydrogen-bond donors (Lipinski definition) is 1. The van der Waals surface area contributed by atoms with E-state index in [1.807, 2.05) is 24.3 Å². The lowest BCUT2D eigenvalue weighted by Gasteiger charge is -2.38. The largest absolute Gasteiger partial charge is 0.487 e. The first-order valence-corrected chi connectivity index (χ1v) is 5.67. The van der Waals surface area contributed by atoms with Gasteiger partial charge in [0, 0.05) is 38.2 Å². The van der Waals surface area contributed by atoms with Crippen LogP contribution in [0.2, 0.25) is 0 Å². The van der Waals surface area contributed by atoms with Gasteiger partial charge in [0.2, 0.25) is 0 Å². The Balaban J connectivity index is 2.20. The molecular weight excluding hydrogens is 202 g/mol. The Labute approximate surface area is 96.5 Å². The van der Waals surface area contributed by atoms with E-state index in [2.05, 4.69) is 6.92 Å². The molecule has 1 aliphatic heterocycles. The summed E-state index contributed by atoms with van der Waals surface area (Å²) in [5.41, 5.74) is 7.08. The Bertz CT molecular complexity index is 367. The van der Waals surface area contributed by atoms with Crippen LogP contribution in [0.1, 0.15) is 31.4 Å². The van der Waals surface area contributed by atoms with Gasteiger partial charge in [0.15, 0.2) is 0 Å². The first kappa shape index (κ1) is 11.4. The van der Waals surface area contributed by atoms with E-state index in [0.717, 1.165) is 24.2 Å². The SMILES string of the molecule is COCCC1(C)C[C@@H](N)c2ccccc2O1. The van der Waals surface area contributed by atoms with Crippen molar-refractivity contribution in [3.8, 4) is 5.75 Å². The van der Waals surface area contributed by atoms with Gasteiger partial charge in [0.25, 0.3) is 0 Å². The summed E-state index contributed by atoms with van der Waals surface area (Å²) in [7, 11) is 1.71. The van der Waals surface area contributed by atoms with E-state index in [9.17, 15) is 0 Å². The van der Waals surface area contributed by atoms with Crippen LogP contribution in [0.15, 0.2) is 24.3 Å². The molecule has 0 saturated heterocycles. The molecule has 88 valence electrons. The minimum atomic E-state index is -0.205. The van der Waals surface area contributed by atoms with Crippen LogP contribution in [0, 0.1) is 0 Å². The topological polar surface area (TPSA) is 44.5 Å². The van der Waals surface area contributed by atoms with Crippen LogP contribution in [0.25, 0.3) is 0 Å². The van der Waals surface area contributed by atoms with Crippen molar-refractivity contribution in [1.29, 1.82) is 0 Å². The Kier molecular flexibility index (Phi) is 3.17. The molecule has 0 aromatic heterocycles. The molecule has 0 bridgehead atoms. The third-order valence-electron chi connectivity index (χ3n) is 3.16. The van der Waals surface area contributed by atoms with Gasteiger partial charge in [-0.1, -0.05) is 18.2 Å². The van der Waals surface area contributed by atoms with E-state index in [1.165, 1.54) is 0 Å². The quantitative estimate of drug-likeness (QED) is 0.851. The molecule has 0 radical (unpaired) electrons. The molecule has 0 spiro atoms. The van der Waals surface area contributed by atoms with Crippen molar-refractivity contribution in [2.75, 3.05) is 13.7 Å². The van der Waals surface area contributed by atoms with Crippen molar-refractivity contribution < 1.29 is 9.47 Å². The maximum absolute atomic E-state index is 6.17. The van der Waals surface area contributed by atoms with E-state index in [0.29, 0.717) is 6.61 Å². The summed E-state index contributed by atoms with van der Waals surface area (Å²) >= 11 is 0. The van der Waals surface area contributed by atoms with Crippen molar-refractivity contribution in [3.63, 3.8) is 0 Å². The van der Waals surface area contributed by atoms with Crippen molar-refractivity contribution in [2.45, 2.75) is 31.4 Å². The van der Waals surface area contributed by atoms with Gasteiger partial charge in [0.1, 0.15) is 11.4 Å². The second-order valence-electron chi connectivity index (χ2n) is 4.64. The third kappa shape index (κ3) is 2.20. The Morgan fingerprint density at radius 3 is 3.00 bits per heavy atom. The Hall–Kier alpha value is -1.06. The van der Waals surface area contributed by atoms with Crippen molar-refractivity contribution in [3.05, 3.63) is 29.8 Å². The highest BCUT2D eigenvalue weighted by Crippen LogP contribution is 2.39. The molecule has 1 heterocycles. The van der Waals surface area contributed by atoms with E-state index >= 15 is 0 Å². The van der Waals surface area contributed by atoms with Gasteiger partial charge in [-0.3, -0.25) is 0 Å². The number of ether oxygens (including phenoxy) is 2. The van der Waals surface area contributed by atoms with E-state index in [1.54, 1.807) is 7.11 Å². The third-order valence-corrected chi connectivity index (χ3v) is 3.16. The summed E-state index contributed by atoms with van der Waals surface area (Å²) in [4.78, 5) is 0. The fourth-order valence-corrected chi connectivity index (χ4v) is 2.23. The summed E-state index contributed by atoms with van der Waals surface area (Å²) in [5.74, 6) is 0.917. The predicted molar refractivity (Wildman–Crippen MR) is 63.5 cm³/mol. The van der Waals surface area contributed by atoms with Gasteiger partial charge >= 0.3 is 0 Å². The van der Waals surface area contributed by atoms with Crippen LogP contribution in [-0.4, -0.2) is 19.3 Å². The van der Waals surface area contributed by atoms with Crippen molar-refractivity contribution in [1.82, 2.24) is 0 Å². The number of rotatable bonds is 3. The number of para-hydroxylation sites is 1. The minimum Gasteiger partial charge on any atom is -0.487 e. The molecule has 0 fully saturated rings. The number of methoxy groups -OCH3 is 1. The predicted octanol–water partition coefficient (Wildman–Crippen LogP) is 2.26. The second-order valence-corrected chi connectivity index (χ2v) is 4.64. The zero-order chi connectivity index (χ0) is 11.6. The summed E-state index contributed by atoms with van der Waals surface area (Å²) in [5, 5.41) is 0. The summed E-state index contributed by atoms with van der Waals surface area (Å²) < 4.78 is 11.1. The average molecular weight is 221 g/mol.